The Morgan fingerprint density at radius 3 is 1.88 bits per heavy atom. The van der Waals surface area contributed by atoms with Crippen LogP contribution in [0.25, 0.3) is 0 Å². The van der Waals surface area contributed by atoms with Gasteiger partial charge in [-0.25, -0.2) is 4.79 Å². The van der Waals surface area contributed by atoms with E-state index < -0.39 is 24.5 Å². The van der Waals surface area contributed by atoms with Crippen molar-refractivity contribution in [1.82, 2.24) is 4.90 Å². The fraction of sp³-hybridized carbons (Fsp3) is 0.391. The van der Waals surface area contributed by atoms with E-state index >= 15 is 0 Å². The number of carboxylic acids is 2. The topological polar surface area (TPSA) is 121 Å². The maximum atomic E-state index is 13.1. The maximum Gasteiger partial charge on any atom is 0.341 e. The number of carbonyl (C=O) groups excluding carboxylic acids is 2. The van der Waals surface area contributed by atoms with Gasteiger partial charge in [-0.2, -0.15) is 0 Å². The summed E-state index contributed by atoms with van der Waals surface area (Å²) in [4.78, 5) is 50.3. The summed E-state index contributed by atoms with van der Waals surface area (Å²) in [6.07, 6.45) is 2.85. The predicted molar refractivity (Wildman–Crippen MR) is 118 cm³/mol. The van der Waals surface area contributed by atoms with Crippen molar-refractivity contribution in [2.75, 3.05) is 13.2 Å². The summed E-state index contributed by atoms with van der Waals surface area (Å²) < 4.78 is 5.19. The number of aliphatic carboxylic acids is 2. The molecule has 0 atom stereocenters. The third kappa shape index (κ3) is 4.37. The van der Waals surface area contributed by atoms with Gasteiger partial charge in [0.05, 0.1) is 10.0 Å². The average Bonchev–Trinajstić information content (AvgIpc) is 2.73. The molecule has 4 rings (SSSR count). The van der Waals surface area contributed by atoms with E-state index in [0.717, 1.165) is 0 Å². The van der Waals surface area contributed by atoms with E-state index in [9.17, 15) is 24.3 Å². The Labute approximate surface area is 199 Å². The molecule has 0 bridgehead atoms. The molecule has 3 aliphatic rings. The monoisotopic (exact) mass is 493 g/mol. The Bertz CT molecular complexity index is 1070. The van der Waals surface area contributed by atoms with E-state index in [4.69, 9.17) is 33.0 Å². The van der Waals surface area contributed by atoms with E-state index in [0.29, 0.717) is 66.6 Å². The van der Waals surface area contributed by atoms with Crippen LogP contribution in [0.15, 0.2) is 34.7 Å². The quantitative estimate of drug-likeness (QED) is 0.610. The van der Waals surface area contributed by atoms with Crippen LogP contribution in [0, 0.1) is 0 Å². The molecule has 1 aromatic carbocycles. The van der Waals surface area contributed by atoms with Crippen molar-refractivity contribution in [1.29, 1.82) is 0 Å². The van der Waals surface area contributed by atoms with E-state index in [2.05, 4.69) is 0 Å². The molecule has 0 spiro atoms. The maximum absolute atomic E-state index is 13.1. The molecular weight excluding hydrogens is 473 g/mol. The van der Waals surface area contributed by atoms with Crippen LogP contribution < -0.4 is 4.74 Å². The van der Waals surface area contributed by atoms with Crippen molar-refractivity contribution in [3.63, 3.8) is 0 Å². The lowest BCUT2D eigenvalue weighted by molar-refractivity contribution is -0.139. The van der Waals surface area contributed by atoms with Gasteiger partial charge >= 0.3 is 11.9 Å². The lowest BCUT2D eigenvalue weighted by atomic mass is 9.71. The molecule has 0 aromatic heterocycles. The second-order valence-electron chi connectivity index (χ2n) is 8.18. The molecular formula is C23H21Cl2NO7. The zero-order valence-corrected chi connectivity index (χ0v) is 19.0. The van der Waals surface area contributed by atoms with Gasteiger partial charge in [-0.3, -0.25) is 14.4 Å². The Hall–Kier alpha value is -2.84. The van der Waals surface area contributed by atoms with Crippen molar-refractivity contribution in [3.8, 4) is 5.75 Å². The van der Waals surface area contributed by atoms with Crippen LogP contribution in [-0.2, 0) is 19.2 Å². The van der Waals surface area contributed by atoms with E-state index in [-0.39, 0.29) is 33.9 Å². The molecule has 1 aliphatic heterocycles. The van der Waals surface area contributed by atoms with E-state index in [1.165, 1.54) is 12.1 Å². The number of hydrogen-bond acceptors (Lipinski definition) is 6. The van der Waals surface area contributed by atoms with Crippen molar-refractivity contribution in [2.45, 2.75) is 44.4 Å². The highest BCUT2D eigenvalue weighted by Crippen LogP contribution is 2.50. The lowest BCUT2D eigenvalue weighted by Gasteiger charge is -2.43. The minimum atomic E-state index is -1.19. The van der Waals surface area contributed by atoms with Gasteiger partial charge < -0.3 is 19.8 Å². The molecule has 0 fully saturated rings. The van der Waals surface area contributed by atoms with Crippen LogP contribution in [0.2, 0.25) is 10.0 Å². The predicted octanol–water partition coefficient (Wildman–Crippen LogP) is 3.95. The van der Waals surface area contributed by atoms with Gasteiger partial charge in [-0.1, -0.05) is 23.2 Å². The first-order valence-electron chi connectivity index (χ1n) is 10.5. The molecule has 33 heavy (non-hydrogen) atoms. The van der Waals surface area contributed by atoms with Crippen LogP contribution in [-0.4, -0.2) is 51.8 Å². The SMILES string of the molecule is O=C(O)COc1c(Cl)cc(C2C3=C(CCCC3=O)N(CC(=O)O)C3=C2C(=O)CCC3)cc1Cl. The normalized spacial score (nSPS) is 18.9. The van der Waals surface area contributed by atoms with Crippen molar-refractivity contribution in [3.05, 3.63) is 50.3 Å². The summed E-state index contributed by atoms with van der Waals surface area (Å²) in [5, 5.41) is 18.5. The zero-order chi connectivity index (χ0) is 23.9. The summed E-state index contributed by atoms with van der Waals surface area (Å²) in [5.74, 6) is -3.23. The van der Waals surface area contributed by atoms with Crippen molar-refractivity contribution in [2.24, 2.45) is 0 Å². The third-order valence-corrected chi connectivity index (χ3v) is 6.64. The number of carbonyl (C=O) groups is 4. The number of allylic oxidation sites excluding steroid dienone is 4. The van der Waals surface area contributed by atoms with Gasteiger partial charge in [0.15, 0.2) is 23.9 Å². The van der Waals surface area contributed by atoms with Gasteiger partial charge in [0, 0.05) is 41.3 Å². The summed E-state index contributed by atoms with van der Waals surface area (Å²) in [7, 11) is 0. The van der Waals surface area contributed by atoms with Gasteiger partial charge in [0.25, 0.3) is 0 Å². The van der Waals surface area contributed by atoms with Gasteiger partial charge in [-0.05, 0) is 43.4 Å². The van der Waals surface area contributed by atoms with Crippen LogP contribution in [0.3, 0.4) is 0 Å². The molecule has 1 aromatic rings. The summed E-state index contributed by atoms with van der Waals surface area (Å²) in [6, 6.07) is 3.06. The molecule has 0 unspecified atom stereocenters. The number of ether oxygens (including phenoxy) is 1. The minimum Gasteiger partial charge on any atom is -0.480 e. The smallest absolute Gasteiger partial charge is 0.341 e. The fourth-order valence-corrected chi connectivity index (χ4v) is 5.51. The molecule has 10 heteroatoms. The van der Waals surface area contributed by atoms with E-state index in [1.807, 2.05) is 0 Å². The fourth-order valence-electron chi connectivity index (χ4n) is 4.89. The number of Topliss-reactive ketones (excluding diaryl/α,β-unsaturated/α-hetero) is 2. The molecule has 2 N–H and O–H groups in total. The largest absolute Gasteiger partial charge is 0.480 e. The van der Waals surface area contributed by atoms with Crippen LogP contribution in [0.5, 0.6) is 5.75 Å². The standard InChI is InChI=1S/C23H21Cl2NO7/c24-12-7-11(8-13(25)23(12)33-10-19(31)32)20-21-14(3-1-5-16(21)27)26(9-18(29)30)15-4-2-6-17(28)22(15)20/h7-8,20H,1-6,9-10H2,(H,29,30)(H,31,32). The molecule has 0 radical (unpaired) electrons. The molecule has 8 nitrogen and oxygen atoms in total. The summed E-state index contributed by atoms with van der Waals surface area (Å²) in [6.45, 7) is -0.956. The van der Waals surface area contributed by atoms with Crippen molar-refractivity contribution >= 4 is 46.7 Å². The highest BCUT2D eigenvalue weighted by Gasteiger charge is 2.44. The highest BCUT2D eigenvalue weighted by molar-refractivity contribution is 6.37. The second-order valence-corrected chi connectivity index (χ2v) is 9.00. The Morgan fingerprint density at radius 1 is 0.909 bits per heavy atom. The van der Waals surface area contributed by atoms with E-state index in [1.54, 1.807) is 4.90 Å². The van der Waals surface area contributed by atoms with Gasteiger partial charge in [-0.15, -0.1) is 0 Å². The third-order valence-electron chi connectivity index (χ3n) is 6.07. The van der Waals surface area contributed by atoms with Gasteiger partial charge in [0.2, 0.25) is 0 Å². The Morgan fingerprint density at radius 2 is 1.42 bits per heavy atom. The zero-order valence-electron chi connectivity index (χ0n) is 17.5. The molecule has 174 valence electrons. The highest BCUT2D eigenvalue weighted by atomic mass is 35.5. The van der Waals surface area contributed by atoms with Crippen molar-refractivity contribution < 1.29 is 34.1 Å². The number of ketones is 2. The first kappa shape index (κ1) is 23.3. The Balaban J connectivity index is 1.89. The van der Waals surface area contributed by atoms with Crippen LogP contribution in [0.4, 0.5) is 0 Å². The molecule has 0 saturated carbocycles. The average molecular weight is 494 g/mol. The minimum absolute atomic E-state index is 0.00106. The number of hydrogen-bond donors (Lipinski definition) is 2. The lowest BCUT2D eigenvalue weighted by Crippen LogP contribution is -2.41. The summed E-state index contributed by atoms with van der Waals surface area (Å²) in [5.41, 5.74) is 2.58. The molecule has 0 saturated heterocycles. The number of benzene rings is 1. The molecule has 0 amide bonds. The first-order valence-corrected chi connectivity index (χ1v) is 11.3. The number of halogens is 2. The van der Waals surface area contributed by atoms with Crippen LogP contribution >= 0.6 is 23.2 Å². The number of carboxylic acid groups (broad SMARTS) is 2. The number of rotatable bonds is 6. The first-order chi connectivity index (χ1) is 15.7. The number of nitrogens with zero attached hydrogens (tertiary/aromatic N) is 1. The second kappa shape index (κ2) is 9.19. The Kier molecular flexibility index (Phi) is 6.50. The van der Waals surface area contributed by atoms with Gasteiger partial charge in [0.1, 0.15) is 6.54 Å². The summed E-state index contributed by atoms with van der Waals surface area (Å²) >= 11 is 12.7. The molecule has 1 heterocycles. The van der Waals surface area contributed by atoms with Crippen LogP contribution in [0.1, 0.15) is 50.0 Å². The molecule has 2 aliphatic carbocycles.